The maximum atomic E-state index is 13.3. The summed E-state index contributed by atoms with van der Waals surface area (Å²) in [6.45, 7) is 1.38. The summed E-state index contributed by atoms with van der Waals surface area (Å²) in [5, 5.41) is 2.97. The molecule has 0 saturated heterocycles. The van der Waals surface area contributed by atoms with E-state index < -0.39 is 12.0 Å². The first kappa shape index (κ1) is 20.2. The molecule has 1 N–H and O–H groups in total. The van der Waals surface area contributed by atoms with E-state index in [9.17, 15) is 9.59 Å². The molecule has 0 spiro atoms. The summed E-state index contributed by atoms with van der Waals surface area (Å²) >= 11 is 0. The van der Waals surface area contributed by atoms with Crippen molar-refractivity contribution in [3.63, 3.8) is 0 Å². The van der Waals surface area contributed by atoms with Gasteiger partial charge in [0.2, 0.25) is 5.91 Å². The van der Waals surface area contributed by atoms with E-state index in [1.54, 1.807) is 27.4 Å². The molecule has 2 amide bonds. The zero-order valence-corrected chi connectivity index (χ0v) is 17.4. The average Bonchev–Trinajstić information content (AvgIpc) is 2.78. The summed E-state index contributed by atoms with van der Waals surface area (Å²) in [5.41, 5.74) is 3.33. The van der Waals surface area contributed by atoms with Gasteiger partial charge in [-0.3, -0.25) is 9.59 Å². The smallest absolute Gasteiger partial charge is 0.254 e. The second-order valence-electron chi connectivity index (χ2n) is 7.45. The van der Waals surface area contributed by atoms with E-state index in [-0.39, 0.29) is 11.8 Å². The van der Waals surface area contributed by atoms with Gasteiger partial charge in [0.05, 0.1) is 32.8 Å². The van der Waals surface area contributed by atoms with E-state index >= 15 is 0 Å². The lowest BCUT2D eigenvalue weighted by molar-refractivity contribution is -0.124. The zero-order chi connectivity index (χ0) is 21.3. The Morgan fingerprint density at radius 2 is 1.83 bits per heavy atom. The predicted octanol–water partition coefficient (Wildman–Crippen LogP) is 2.30. The third-order valence-corrected chi connectivity index (χ3v) is 5.91. The van der Waals surface area contributed by atoms with E-state index in [4.69, 9.17) is 14.2 Å². The number of carbonyl (C=O) groups is 2. The summed E-state index contributed by atoms with van der Waals surface area (Å²) in [6, 6.07) is 10.8. The molecular formula is C23H26N2O5. The summed E-state index contributed by atoms with van der Waals surface area (Å²) in [6.07, 6.45) is 0.693. The third kappa shape index (κ3) is 3.29. The lowest BCUT2D eigenvalue weighted by atomic mass is 9.75. The average molecular weight is 410 g/mol. The molecule has 0 radical (unpaired) electrons. The Hall–Kier alpha value is -3.06. The highest BCUT2D eigenvalue weighted by Gasteiger charge is 2.46. The number of benzene rings is 2. The molecule has 158 valence electrons. The Kier molecular flexibility index (Phi) is 5.63. The first-order chi connectivity index (χ1) is 14.6. The van der Waals surface area contributed by atoms with Crippen molar-refractivity contribution in [1.82, 2.24) is 10.2 Å². The lowest BCUT2D eigenvalue weighted by Gasteiger charge is -2.45. The van der Waals surface area contributed by atoms with Crippen LogP contribution in [-0.4, -0.2) is 57.7 Å². The molecule has 2 aliphatic heterocycles. The van der Waals surface area contributed by atoms with Gasteiger partial charge in [-0.15, -0.1) is 0 Å². The van der Waals surface area contributed by atoms with E-state index in [1.165, 1.54) is 0 Å². The summed E-state index contributed by atoms with van der Waals surface area (Å²) in [5.74, 6) is 0.547. The van der Waals surface area contributed by atoms with E-state index in [1.807, 2.05) is 35.2 Å². The number of ether oxygens (including phenoxy) is 3. The maximum Gasteiger partial charge on any atom is 0.254 e. The monoisotopic (exact) mass is 410 g/mol. The fourth-order valence-corrected chi connectivity index (χ4v) is 4.52. The highest BCUT2D eigenvalue weighted by atomic mass is 16.5. The Balaban J connectivity index is 1.85. The van der Waals surface area contributed by atoms with E-state index in [0.717, 1.165) is 16.7 Å². The molecule has 0 aromatic heterocycles. The van der Waals surface area contributed by atoms with Crippen molar-refractivity contribution < 1.29 is 23.8 Å². The molecule has 7 heteroatoms. The molecule has 0 bridgehead atoms. The first-order valence-electron chi connectivity index (χ1n) is 10.0. The Labute approximate surface area is 175 Å². The van der Waals surface area contributed by atoms with Crippen molar-refractivity contribution in [3.05, 3.63) is 58.7 Å². The van der Waals surface area contributed by atoms with Crippen molar-refractivity contribution in [2.45, 2.75) is 18.4 Å². The van der Waals surface area contributed by atoms with Gasteiger partial charge in [-0.1, -0.05) is 18.2 Å². The number of nitrogens with zero attached hydrogens (tertiary/aromatic N) is 1. The van der Waals surface area contributed by atoms with Gasteiger partial charge >= 0.3 is 0 Å². The zero-order valence-electron chi connectivity index (χ0n) is 17.4. The van der Waals surface area contributed by atoms with Gasteiger partial charge in [0.25, 0.3) is 5.91 Å². The molecule has 2 aliphatic rings. The molecule has 7 nitrogen and oxygen atoms in total. The number of carbonyl (C=O) groups excluding carboxylic acids is 2. The number of hydrogen-bond donors (Lipinski definition) is 1. The molecule has 0 fully saturated rings. The molecule has 4 rings (SSSR count). The molecule has 2 aromatic carbocycles. The van der Waals surface area contributed by atoms with E-state index in [0.29, 0.717) is 43.2 Å². The molecule has 0 unspecified atom stereocenters. The van der Waals surface area contributed by atoms with Gasteiger partial charge in [-0.2, -0.15) is 0 Å². The quantitative estimate of drug-likeness (QED) is 0.740. The van der Waals surface area contributed by atoms with Gasteiger partial charge in [-0.05, 0) is 41.3 Å². The number of rotatable bonds is 6. The van der Waals surface area contributed by atoms with Crippen LogP contribution in [0.25, 0.3) is 0 Å². The Morgan fingerprint density at radius 3 is 2.57 bits per heavy atom. The van der Waals surface area contributed by atoms with Crippen LogP contribution in [0.1, 0.15) is 39.0 Å². The van der Waals surface area contributed by atoms with Gasteiger partial charge < -0.3 is 24.4 Å². The minimum atomic E-state index is -0.520. The minimum Gasteiger partial charge on any atom is -0.493 e. The number of fused-ring (bicyclic) bond motifs is 4. The van der Waals surface area contributed by atoms with Crippen molar-refractivity contribution in [3.8, 4) is 11.5 Å². The Bertz CT molecular complexity index is 974. The molecule has 2 atom stereocenters. The standard InChI is InChI=1S/C23H26N2O5/c1-28-11-9-24-22(26)20-15-6-4-5-7-16(15)23(27)25-10-8-14-12-18(29-2)19(30-3)13-17(14)21(20)25/h4-7,12-13,20-21H,8-11H2,1-3H3,(H,24,26)/t20-,21-/m1/s1. The minimum absolute atomic E-state index is 0.0445. The summed E-state index contributed by atoms with van der Waals surface area (Å²) in [4.78, 5) is 28.4. The fraction of sp³-hybridized carbons (Fsp3) is 0.391. The highest BCUT2D eigenvalue weighted by molar-refractivity contribution is 6.01. The van der Waals surface area contributed by atoms with Crippen LogP contribution in [0, 0.1) is 0 Å². The normalized spacial score (nSPS) is 19.4. The van der Waals surface area contributed by atoms with Gasteiger partial charge in [0.1, 0.15) is 0 Å². The van der Waals surface area contributed by atoms with Crippen molar-refractivity contribution >= 4 is 11.8 Å². The molecular weight excluding hydrogens is 384 g/mol. The van der Waals surface area contributed by atoms with Crippen LogP contribution >= 0.6 is 0 Å². The van der Waals surface area contributed by atoms with Crippen molar-refractivity contribution in [2.24, 2.45) is 0 Å². The predicted molar refractivity (Wildman–Crippen MR) is 111 cm³/mol. The van der Waals surface area contributed by atoms with Crippen LogP contribution in [-0.2, 0) is 16.0 Å². The SMILES string of the molecule is COCCNC(=O)[C@@H]1c2ccccc2C(=O)N2CCc3cc(OC)c(OC)cc3[C@H]12. The van der Waals surface area contributed by atoms with E-state index in [2.05, 4.69) is 5.32 Å². The first-order valence-corrected chi connectivity index (χ1v) is 10.0. The molecule has 0 saturated carbocycles. The van der Waals surface area contributed by atoms with Crippen LogP contribution in [0.3, 0.4) is 0 Å². The van der Waals surface area contributed by atoms with Crippen LogP contribution in [0.5, 0.6) is 11.5 Å². The Morgan fingerprint density at radius 1 is 1.10 bits per heavy atom. The van der Waals surface area contributed by atoms with Crippen LogP contribution < -0.4 is 14.8 Å². The molecule has 0 aliphatic carbocycles. The van der Waals surface area contributed by atoms with Gasteiger partial charge in [-0.25, -0.2) is 0 Å². The van der Waals surface area contributed by atoms with Crippen LogP contribution in [0.4, 0.5) is 0 Å². The topological polar surface area (TPSA) is 77.1 Å². The maximum absolute atomic E-state index is 13.3. The second kappa shape index (κ2) is 8.36. The highest BCUT2D eigenvalue weighted by Crippen LogP contribution is 2.48. The third-order valence-electron chi connectivity index (χ3n) is 5.91. The van der Waals surface area contributed by atoms with Crippen molar-refractivity contribution in [1.29, 1.82) is 0 Å². The summed E-state index contributed by atoms with van der Waals surface area (Å²) < 4.78 is 16.0. The molecule has 2 heterocycles. The summed E-state index contributed by atoms with van der Waals surface area (Å²) in [7, 11) is 4.78. The number of nitrogens with one attached hydrogen (secondary N) is 1. The fourth-order valence-electron chi connectivity index (χ4n) is 4.52. The second-order valence-corrected chi connectivity index (χ2v) is 7.45. The van der Waals surface area contributed by atoms with Gasteiger partial charge in [0.15, 0.2) is 11.5 Å². The van der Waals surface area contributed by atoms with Gasteiger partial charge in [0, 0.05) is 25.8 Å². The number of amides is 2. The molecule has 30 heavy (non-hydrogen) atoms. The number of hydrogen-bond acceptors (Lipinski definition) is 5. The largest absolute Gasteiger partial charge is 0.493 e. The molecule has 2 aromatic rings. The van der Waals surface area contributed by atoms with Crippen molar-refractivity contribution in [2.75, 3.05) is 41.0 Å². The van der Waals surface area contributed by atoms with Crippen LogP contribution in [0.15, 0.2) is 36.4 Å². The number of methoxy groups -OCH3 is 3. The lowest BCUT2D eigenvalue weighted by Crippen LogP contribution is -2.50. The van der Waals surface area contributed by atoms with Crippen LogP contribution in [0.2, 0.25) is 0 Å².